The fourth-order valence-corrected chi connectivity index (χ4v) is 5.55. The fourth-order valence-electron chi connectivity index (χ4n) is 5.55. The van der Waals surface area contributed by atoms with Crippen LogP contribution in [0.15, 0.2) is 72.9 Å². The highest BCUT2D eigenvalue weighted by Gasteiger charge is 2.17. The first kappa shape index (κ1) is 49.3. The molecule has 0 aliphatic carbocycles. The maximum absolute atomic E-state index is 12.6. The molecule has 0 amide bonds. The number of hydrogen-bond donors (Lipinski definition) is 0. The number of hydrogen-bond acceptors (Lipinski definition) is 5. The summed E-state index contributed by atoms with van der Waals surface area (Å²) in [5, 5.41) is 0. The Labute approximate surface area is 321 Å². The summed E-state index contributed by atoms with van der Waals surface area (Å²) in [7, 11) is 0. The lowest BCUT2D eigenvalue weighted by molar-refractivity contribution is -0.162. The maximum Gasteiger partial charge on any atom is 0.306 e. The van der Waals surface area contributed by atoms with Crippen molar-refractivity contribution in [2.45, 2.75) is 194 Å². The van der Waals surface area contributed by atoms with Crippen molar-refractivity contribution in [2.24, 2.45) is 0 Å². The van der Waals surface area contributed by atoms with Crippen LogP contribution in [0.5, 0.6) is 0 Å². The van der Waals surface area contributed by atoms with Crippen LogP contribution >= 0.6 is 0 Å². The number of ether oxygens (including phenoxy) is 3. The molecule has 0 N–H and O–H groups in total. The summed E-state index contributed by atoms with van der Waals surface area (Å²) in [5.74, 6) is -0.512. The Hall–Kier alpha value is -2.66. The Morgan fingerprint density at radius 2 is 0.904 bits per heavy atom. The van der Waals surface area contributed by atoms with Crippen LogP contribution in [0.1, 0.15) is 188 Å². The molecule has 1 atom stereocenters. The van der Waals surface area contributed by atoms with Gasteiger partial charge in [-0.1, -0.05) is 171 Å². The zero-order chi connectivity index (χ0) is 37.8. The van der Waals surface area contributed by atoms with Crippen molar-refractivity contribution in [3.8, 4) is 0 Å². The third-order valence-corrected chi connectivity index (χ3v) is 8.74. The quantitative estimate of drug-likeness (QED) is 0.0360. The van der Waals surface area contributed by atoms with Crippen molar-refractivity contribution in [2.75, 3.05) is 19.8 Å². The van der Waals surface area contributed by atoms with Gasteiger partial charge in [0.15, 0.2) is 6.10 Å². The van der Waals surface area contributed by atoms with Crippen LogP contribution < -0.4 is 0 Å². The monoisotopic (exact) mass is 725 g/mol. The standard InChI is InChI=1S/C47H80O5/c1-4-7-10-13-16-19-21-23-24-26-27-29-31-34-37-40-46(48)51-44-45(43-50-42-39-36-33-18-15-12-9-6-3)52-47(49)41-38-35-32-30-28-25-22-20-17-14-11-8-5-2/h8,11,16-17,19-20,23-25,28,32,35,45H,4-7,9-10,12-15,18,21-22,26-27,29-31,33-34,36-44H2,1-3H3/b11-8-,19-16-,20-17-,24-23-,28-25-,35-32-. The summed E-state index contributed by atoms with van der Waals surface area (Å²) in [6.07, 6.45) is 53.4. The summed E-state index contributed by atoms with van der Waals surface area (Å²) in [4.78, 5) is 25.1. The van der Waals surface area contributed by atoms with E-state index in [4.69, 9.17) is 14.2 Å². The normalized spacial score (nSPS) is 12.9. The molecule has 0 aliphatic rings. The molecule has 0 aromatic heterocycles. The number of rotatable bonds is 38. The van der Waals surface area contributed by atoms with Crippen molar-refractivity contribution in [1.29, 1.82) is 0 Å². The van der Waals surface area contributed by atoms with E-state index < -0.39 is 6.10 Å². The zero-order valence-corrected chi connectivity index (χ0v) is 34.1. The van der Waals surface area contributed by atoms with Crippen LogP contribution in [0.4, 0.5) is 0 Å². The summed E-state index contributed by atoms with van der Waals surface area (Å²) in [6, 6.07) is 0. The fraction of sp³-hybridized carbons (Fsp3) is 0.702. The second kappa shape index (κ2) is 42.8. The molecule has 0 aromatic carbocycles. The van der Waals surface area contributed by atoms with Gasteiger partial charge in [-0.05, 0) is 77.0 Å². The topological polar surface area (TPSA) is 61.8 Å². The average Bonchev–Trinajstić information content (AvgIpc) is 3.14. The highest BCUT2D eigenvalue weighted by atomic mass is 16.6. The van der Waals surface area contributed by atoms with E-state index in [2.05, 4.69) is 87.6 Å². The van der Waals surface area contributed by atoms with E-state index in [1.807, 2.05) is 6.08 Å². The van der Waals surface area contributed by atoms with E-state index in [-0.39, 0.29) is 25.2 Å². The summed E-state index contributed by atoms with van der Waals surface area (Å²) in [6.45, 7) is 7.56. The van der Waals surface area contributed by atoms with Gasteiger partial charge in [-0.15, -0.1) is 0 Å². The molecule has 0 fully saturated rings. The molecule has 0 bridgehead atoms. The molecule has 0 rings (SSSR count). The summed E-state index contributed by atoms with van der Waals surface area (Å²) < 4.78 is 17.1. The van der Waals surface area contributed by atoms with Crippen LogP contribution in [0.3, 0.4) is 0 Å². The van der Waals surface area contributed by atoms with Gasteiger partial charge in [0.1, 0.15) is 6.61 Å². The summed E-state index contributed by atoms with van der Waals surface area (Å²) in [5.41, 5.74) is 0. The second-order valence-corrected chi connectivity index (χ2v) is 13.9. The lowest BCUT2D eigenvalue weighted by Crippen LogP contribution is -2.30. The van der Waals surface area contributed by atoms with Crippen LogP contribution in [-0.2, 0) is 23.8 Å². The first-order chi connectivity index (χ1) is 25.6. The minimum atomic E-state index is -0.576. The van der Waals surface area contributed by atoms with Crippen molar-refractivity contribution in [1.82, 2.24) is 0 Å². The minimum Gasteiger partial charge on any atom is -0.462 e. The van der Waals surface area contributed by atoms with Gasteiger partial charge in [0.2, 0.25) is 0 Å². The number of unbranched alkanes of at least 4 members (excludes halogenated alkanes) is 15. The number of carbonyl (C=O) groups is 2. The largest absolute Gasteiger partial charge is 0.462 e. The SMILES string of the molecule is CC/C=C\C/C=C\C/C=C\C/C=C\CCC(=O)OC(COCCCCCCCCCC)COC(=O)CCCCCCC/C=C\C/C=C\CCCCC. The van der Waals surface area contributed by atoms with E-state index in [1.165, 1.54) is 77.0 Å². The van der Waals surface area contributed by atoms with Gasteiger partial charge in [0.05, 0.1) is 6.61 Å². The molecule has 1 unspecified atom stereocenters. The lowest BCUT2D eigenvalue weighted by atomic mass is 10.1. The molecule has 0 aliphatic heterocycles. The predicted octanol–water partition coefficient (Wildman–Crippen LogP) is 14.0. The molecule has 5 heteroatoms. The van der Waals surface area contributed by atoms with E-state index in [9.17, 15) is 9.59 Å². The molecule has 0 saturated carbocycles. The van der Waals surface area contributed by atoms with E-state index >= 15 is 0 Å². The van der Waals surface area contributed by atoms with Gasteiger partial charge in [0, 0.05) is 19.4 Å². The Morgan fingerprint density at radius 3 is 1.50 bits per heavy atom. The summed E-state index contributed by atoms with van der Waals surface area (Å²) >= 11 is 0. The molecule has 0 aromatic rings. The van der Waals surface area contributed by atoms with E-state index in [0.717, 1.165) is 70.6 Å². The number of carbonyl (C=O) groups excluding carboxylic acids is 2. The van der Waals surface area contributed by atoms with Crippen LogP contribution in [-0.4, -0.2) is 37.9 Å². The van der Waals surface area contributed by atoms with Gasteiger partial charge >= 0.3 is 11.9 Å². The number of esters is 2. The Kier molecular flexibility index (Phi) is 40.6. The minimum absolute atomic E-state index is 0.0479. The van der Waals surface area contributed by atoms with Gasteiger partial charge < -0.3 is 14.2 Å². The van der Waals surface area contributed by atoms with Gasteiger partial charge in [-0.3, -0.25) is 9.59 Å². The zero-order valence-electron chi connectivity index (χ0n) is 34.1. The molecule has 5 nitrogen and oxygen atoms in total. The Bertz CT molecular complexity index is 957. The van der Waals surface area contributed by atoms with Crippen LogP contribution in [0, 0.1) is 0 Å². The number of allylic oxidation sites excluding steroid dienone is 12. The molecule has 0 saturated heterocycles. The smallest absolute Gasteiger partial charge is 0.306 e. The van der Waals surface area contributed by atoms with Gasteiger partial charge in [-0.25, -0.2) is 0 Å². The average molecular weight is 725 g/mol. The van der Waals surface area contributed by atoms with Crippen molar-refractivity contribution < 1.29 is 23.8 Å². The maximum atomic E-state index is 12.6. The third-order valence-electron chi connectivity index (χ3n) is 8.74. The molecule has 0 heterocycles. The Morgan fingerprint density at radius 1 is 0.442 bits per heavy atom. The van der Waals surface area contributed by atoms with Crippen LogP contribution in [0.2, 0.25) is 0 Å². The molecular weight excluding hydrogens is 645 g/mol. The van der Waals surface area contributed by atoms with Crippen molar-refractivity contribution in [3.63, 3.8) is 0 Å². The second-order valence-electron chi connectivity index (χ2n) is 13.9. The molecule has 298 valence electrons. The first-order valence-corrected chi connectivity index (χ1v) is 21.5. The highest BCUT2D eigenvalue weighted by Crippen LogP contribution is 2.11. The van der Waals surface area contributed by atoms with Crippen molar-refractivity contribution in [3.05, 3.63) is 72.9 Å². The first-order valence-electron chi connectivity index (χ1n) is 21.5. The van der Waals surface area contributed by atoms with Gasteiger partial charge in [-0.2, -0.15) is 0 Å². The Balaban J connectivity index is 4.34. The van der Waals surface area contributed by atoms with E-state index in [1.54, 1.807) is 0 Å². The molecule has 0 radical (unpaired) electrons. The van der Waals surface area contributed by atoms with Crippen molar-refractivity contribution >= 4 is 11.9 Å². The molecule has 0 spiro atoms. The predicted molar refractivity (Wildman–Crippen MR) is 224 cm³/mol. The lowest BCUT2D eigenvalue weighted by Gasteiger charge is -2.18. The van der Waals surface area contributed by atoms with E-state index in [0.29, 0.717) is 25.9 Å². The van der Waals surface area contributed by atoms with Gasteiger partial charge in [0.25, 0.3) is 0 Å². The molecule has 52 heavy (non-hydrogen) atoms. The van der Waals surface area contributed by atoms with Crippen LogP contribution in [0.25, 0.3) is 0 Å². The molecular formula is C47H80O5. The highest BCUT2D eigenvalue weighted by molar-refractivity contribution is 5.70. The third kappa shape index (κ3) is 40.1.